The van der Waals surface area contributed by atoms with Gasteiger partial charge in [-0.1, -0.05) is 0 Å². The van der Waals surface area contributed by atoms with E-state index in [4.69, 9.17) is 9.47 Å². The lowest BCUT2D eigenvalue weighted by molar-refractivity contribution is 0.160. The Kier molecular flexibility index (Phi) is 7.62. The van der Waals surface area contributed by atoms with Crippen molar-refractivity contribution < 1.29 is 18.7 Å². The first-order valence-corrected chi connectivity index (χ1v) is 13.0. The number of nitrogens with zero attached hydrogens (tertiary/aromatic N) is 4. The number of carbonyl (C=O) groups excluding carboxylic acids is 1. The van der Waals surface area contributed by atoms with Crippen LogP contribution >= 0.6 is 11.3 Å². The first-order chi connectivity index (χ1) is 18.5. The van der Waals surface area contributed by atoms with Crippen molar-refractivity contribution in [1.82, 2.24) is 14.9 Å². The fourth-order valence-corrected chi connectivity index (χ4v) is 4.73. The van der Waals surface area contributed by atoms with Crippen LogP contribution in [-0.2, 0) is 0 Å². The lowest BCUT2D eigenvalue weighted by Gasteiger charge is -2.28. The standard InChI is InChI=1S/C27H25FN6O3S/c1-34-9-5-17(6-10-34)16-36-25-14-23-20(12-18(25)15-29)24(4-7-30-23)37-19-2-3-22(21(28)13-19)32-26(35)33-27-31-8-11-38-27/h2-4,7-8,11-14,17H,5-6,9-10,16H2,1H3,(H2,31,32,33,35). The van der Waals surface area contributed by atoms with Crippen molar-refractivity contribution in [2.24, 2.45) is 5.92 Å². The zero-order valence-corrected chi connectivity index (χ0v) is 21.4. The van der Waals surface area contributed by atoms with E-state index >= 15 is 0 Å². The number of piperidine rings is 1. The summed E-state index contributed by atoms with van der Waals surface area (Å²) in [4.78, 5) is 22.8. The molecule has 2 aromatic carbocycles. The Bertz CT molecular complexity index is 1480. The number of pyridine rings is 1. The van der Waals surface area contributed by atoms with Gasteiger partial charge < -0.3 is 19.7 Å². The molecular formula is C27H25FN6O3S. The molecule has 1 fully saturated rings. The molecule has 38 heavy (non-hydrogen) atoms. The predicted octanol–water partition coefficient (Wildman–Crippen LogP) is 5.86. The second-order valence-corrected chi connectivity index (χ2v) is 9.90. The van der Waals surface area contributed by atoms with Gasteiger partial charge in [0.05, 0.1) is 23.4 Å². The van der Waals surface area contributed by atoms with E-state index in [9.17, 15) is 14.4 Å². The number of nitriles is 1. The Labute approximate surface area is 222 Å². The fourth-order valence-electron chi connectivity index (χ4n) is 4.20. The Hall–Kier alpha value is -4.27. The minimum atomic E-state index is -0.669. The normalized spacial score (nSPS) is 14.1. The third-order valence-electron chi connectivity index (χ3n) is 6.31. The lowest BCUT2D eigenvalue weighted by Crippen LogP contribution is -2.32. The molecule has 2 N–H and O–H groups in total. The highest BCUT2D eigenvalue weighted by Gasteiger charge is 2.19. The summed E-state index contributed by atoms with van der Waals surface area (Å²) < 4.78 is 26.7. The topological polar surface area (TPSA) is 112 Å². The Morgan fingerprint density at radius 1 is 1.16 bits per heavy atom. The number of rotatable bonds is 7. The second kappa shape index (κ2) is 11.4. The molecule has 0 radical (unpaired) electrons. The summed E-state index contributed by atoms with van der Waals surface area (Å²) in [5, 5.41) is 17.5. The summed E-state index contributed by atoms with van der Waals surface area (Å²) in [5.74, 6) is 0.900. The molecule has 0 spiro atoms. The molecule has 0 unspecified atom stereocenters. The van der Waals surface area contributed by atoms with Gasteiger partial charge in [0.15, 0.2) is 5.13 Å². The van der Waals surface area contributed by atoms with Gasteiger partial charge in [0, 0.05) is 35.3 Å². The van der Waals surface area contributed by atoms with Crippen molar-refractivity contribution in [3.63, 3.8) is 0 Å². The van der Waals surface area contributed by atoms with Crippen LogP contribution in [0.2, 0.25) is 0 Å². The summed E-state index contributed by atoms with van der Waals surface area (Å²) in [6, 6.07) is 10.8. The number of hydrogen-bond donors (Lipinski definition) is 2. The Morgan fingerprint density at radius 2 is 2.00 bits per heavy atom. The van der Waals surface area contributed by atoms with E-state index in [1.165, 1.54) is 23.5 Å². The maximum Gasteiger partial charge on any atom is 0.325 e. The van der Waals surface area contributed by atoms with E-state index in [0.717, 1.165) is 25.9 Å². The van der Waals surface area contributed by atoms with Crippen molar-refractivity contribution in [3.05, 3.63) is 65.6 Å². The Morgan fingerprint density at radius 3 is 2.74 bits per heavy atom. The van der Waals surface area contributed by atoms with Crippen LogP contribution in [0.4, 0.5) is 20.0 Å². The second-order valence-electron chi connectivity index (χ2n) is 9.00. The fraction of sp³-hybridized carbons (Fsp3) is 0.259. The quantitative estimate of drug-likeness (QED) is 0.307. The number of nitrogens with one attached hydrogen (secondary N) is 2. The molecule has 9 nitrogen and oxygen atoms in total. The molecule has 3 heterocycles. The smallest absolute Gasteiger partial charge is 0.325 e. The number of likely N-dealkylation sites (tertiary alicyclic amines) is 1. The van der Waals surface area contributed by atoms with E-state index < -0.39 is 11.8 Å². The van der Waals surface area contributed by atoms with E-state index in [0.29, 0.717) is 45.6 Å². The number of anilines is 2. The third kappa shape index (κ3) is 5.99. The number of urea groups is 1. The van der Waals surface area contributed by atoms with Crippen molar-refractivity contribution in [2.45, 2.75) is 12.8 Å². The molecule has 0 aliphatic carbocycles. The van der Waals surface area contributed by atoms with Gasteiger partial charge in [-0.2, -0.15) is 5.26 Å². The highest BCUT2D eigenvalue weighted by Crippen LogP contribution is 2.34. The number of carbonyl (C=O) groups is 1. The molecule has 2 aromatic heterocycles. The average Bonchev–Trinajstić information content (AvgIpc) is 3.42. The minimum Gasteiger partial charge on any atom is -0.492 e. The highest BCUT2D eigenvalue weighted by molar-refractivity contribution is 7.13. The van der Waals surface area contributed by atoms with Crippen LogP contribution in [0.5, 0.6) is 17.2 Å². The third-order valence-corrected chi connectivity index (χ3v) is 6.99. The van der Waals surface area contributed by atoms with Gasteiger partial charge in [0.25, 0.3) is 0 Å². The molecule has 11 heteroatoms. The molecule has 1 aliphatic heterocycles. The van der Waals surface area contributed by atoms with Crippen molar-refractivity contribution >= 4 is 39.1 Å². The number of halogens is 1. The van der Waals surface area contributed by atoms with E-state index in [-0.39, 0.29) is 11.4 Å². The van der Waals surface area contributed by atoms with E-state index in [1.54, 1.807) is 42.0 Å². The number of amides is 2. The zero-order chi connectivity index (χ0) is 26.5. The summed E-state index contributed by atoms with van der Waals surface area (Å²) in [5.41, 5.74) is 0.960. The van der Waals surface area contributed by atoms with Gasteiger partial charge in [-0.15, -0.1) is 11.3 Å². The zero-order valence-electron chi connectivity index (χ0n) is 20.6. The average molecular weight is 533 g/mol. The molecule has 0 bridgehead atoms. The molecule has 0 saturated carbocycles. The first-order valence-electron chi connectivity index (χ1n) is 12.1. The highest BCUT2D eigenvalue weighted by atomic mass is 32.1. The summed E-state index contributed by atoms with van der Waals surface area (Å²) in [6.45, 7) is 2.62. The van der Waals surface area contributed by atoms with Crippen LogP contribution in [0.25, 0.3) is 10.9 Å². The summed E-state index contributed by atoms with van der Waals surface area (Å²) in [7, 11) is 2.11. The van der Waals surface area contributed by atoms with Gasteiger partial charge in [-0.25, -0.2) is 14.2 Å². The largest absolute Gasteiger partial charge is 0.492 e. The number of hydrogen-bond acceptors (Lipinski definition) is 8. The number of aromatic nitrogens is 2. The predicted molar refractivity (Wildman–Crippen MR) is 143 cm³/mol. The van der Waals surface area contributed by atoms with Crippen LogP contribution in [0.1, 0.15) is 18.4 Å². The number of ether oxygens (including phenoxy) is 2. The summed E-state index contributed by atoms with van der Waals surface area (Å²) >= 11 is 1.25. The van der Waals surface area contributed by atoms with Crippen LogP contribution in [0.15, 0.2) is 54.2 Å². The SMILES string of the molecule is CN1CCC(COc2cc3nccc(Oc4ccc(NC(=O)Nc5nccs5)c(F)c4)c3cc2C#N)CC1. The lowest BCUT2D eigenvalue weighted by atomic mass is 9.98. The van der Waals surface area contributed by atoms with Crippen LogP contribution in [0.3, 0.4) is 0 Å². The van der Waals surface area contributed by atoms with Gasteiger partial charge in [-0.05, 0) is 63.2 Å². The minimum absolute atomic E-state index is 0.0100. The van der Waals surface area contributed by atoms with Crippen molar-refractivity contribution in [1.29, 1.82) is 5.26 Å². The van der Waals surface area contributed by atoms with Crippen molar-refractivity contribution in [2.75, 3.05) is 37.4 Å². The van der Waals surface area contributed by atoms with E-state index in [1.807, 2.05) is 0 Å². The molecular weight excluding hydrogens is 507 g/mol. The number of thiazole rings is 1. The molecule has 0 atom stereocenters. The van der Waals surface area contributed by atoms with Gasteiger partial charge in [-0.3, -0.25) is 10.3 Å². The van der Waals surface area contributed by atoms with Crippen LogP contribution in [-0.4, -0.2) is 47.6 Å². The van der Waals surface area contributed by atoms with Crippen LogP contribution in [0, 0.1) is 23.1 Å². The van der Waals surface area contributed by atoms with Gasteiger partial charge >= 0.3 is 6.03 Å². The molecule has 4 aromatic rings. The molecule has 5 rings (SSSR count). The monoisotopic (exact) mass is 532 g/mol. The molecule has 194 valence electrons. The molecule has 2 amide bonds. The van der Waals surface area contributed by atoms with E-state index in [2.05, 4.69) is 38.6 Å². The molecule has 1 saturated heterocycles. The summed E-state index contributed by atoms with van der Waals surface area (Å²) in [6.07, 6.45) is 5.26. The first kappa shape index (κ1) is 25.4. The molecule has 1 aliphatic rings. The van der Waals surface area contributed by atoms with Gasteiger partial charge in [0.2, 0.25) is 0 Å². The number of fused-ring (bicyclic) bond motifs is 1. The van der Waals surface area contributed by atoms with Gasteiger partial charge in [0.1, 0.15) is 29.1 Å². The van der Waals surface area contributed by atoms with Crippen molar-refractivity contribution in [3.8, 4) is 23.3 Å². The maximum absolute atomic E-state index is 14.7. The Balaban J connectivity index is 1.30. The number of benzene rings is 2. The van der Waals surface area contributed by atoms with Crippen LogP contribution < -0.4 is 20.1 Å². The maximum atomic E-state index is 14.7.